The molecule has 1 atom stereocenters. The Kier molecular flexibility index (Phi) is 10.9. The van der Waals surface area contributed by atoms with Gasteiger partial charge in [-0.2, -0.15) is 0 Å². The van der Waals surface area contributed by atoms with E-state index in [1.807, 2.05) is 20.8 Å². The number of amides is 1. The van der Waals surface area contributed by atoms with E-state index in [2.05, 4.69) is 13.8 Å². The zero-order valence-electron chi connectivity index (χ0n) is 16.4. The largest absolute Gasteiger partial charge is 0.460 e. The molecule has 0 radical (unpaired) electrons. The van der Waals surface area contributed by atoms with E-state index in [4.69, 9.17) is 14.2 Å². The Morgan fingerprint density at radius 2 is 1.67 bits per heavy atom. The molecule has 0 bridgehead atoms. The van der Waals surface area contributed by atoms with E-state index in [1.54, 1.807) is 19.1 Å². The average Bonchev–Trinajstić information content (AvgIpc) is 2.95. The number of likely N-dealkylation sites (tertiary alicyclic amines) is 1. The van der Waals surface area contributed by atoms with Gasteiger partial charge in [-0.15, -0.1) is 0 Å². The number of rotatable bonds is 6. The summed E-state index contributed by atoms with van der Waals surface area (Å²) in [6, 6.07) is -0.0777. The summed E-state index contributed by atoms with van der Waals surface area (Å²) in [5.41, 5.74) is -0.520. The number of nitrogens with zero attached hydrogens (tertiary/aromatic N) is 1. The van der Waals surface area contributed by atoms with Crippen LogP contribution in [0, 0.1) is 0 Å². The van der Waals surface area contributed by atoms with Crippen molar-refractivity contribution >= 4 is 11.9 Å². The van der Waals surface area contributed by atoms with Crippen LogP contribution in [-0.4, -0.2) is 55.5 Å². The highest BCUT2D eigenvalue weighted by molar-refractivity contribution is 5.82. The molecule has 0 saturated carbocycles. The van der Waals surface area contributed by atoms with Crippen LogP contribution in [0.2, 0.25) is 0 Å². The Morgan fingerprint density at radius 1 is 1.12 bits per heavy atom. The molecule has 1 saturated heterocycles. The molecule has 0 spiro atoms. The van der Waals surface area contributed by atoms with E-state index in [-0.39, 0.29) is 30.8 Å². The molecule has 6 heteroatoms. The van der Waals surface area contributed by atoms with Gasteiger partial charge in [-0.3, -0.25) is 9.59 Å². The highest BCUT2D eigenvalue weighted by Crippen LogP contribution is 2.23. The summed E-state index contributed by atoms with van der Waals surface area (Å²) in [6.45, 7) is 10.4. The van der Waals surface area contributed by atoms with Crippen LogP contribution < -0.4 is 0 Å². The quantitative estimate of drug-likeness (QED) is 0.546. The molecule has 0 N–H and O–H groups in total. The molecule has 1 aliphatic heterocycles. The molecular formula is C18H35NO5. The Morgan fingerprint density at radius 3 is 2.12 bits per heavy atom. The molecule has 142 valence electrons. The van der Waals surface area contributed by atoms with Crippen molar-refractivity contribution < 1.29 is 23.8 Å². The van der Waals surface area contributed by atoms with Crippen molar-refractivity contribution in [2.24, 2.45) is 0 Å². The van der Waals surface area contributed by atoms with Crippen LogP contribution >= 0.6 is 0 Å². The fourth-order valence-electron chi connectivity index (χ4n) is 2.54. The van der Waals surface area contributed by atoms with Crippen LogP contribution in [0.5, 0.6) is 0 Å². The van der Waals surface area contributed by atoms with Crippen molar-refractivity contribution in [3.8, 4) is 0 Å². The van der Waals surface area contributed by atoms with Gasteiger partial charge < -0.3 is 19.1 Å². The first-order valence-electron chi connectivity index (χ1n) is 8.77. The van der Waals surface area contributed by atoms with Crippen LogP contribution in [0.3, 0.4) is 0 Å². The minimum atomic E-state index is -0.520. The number of hydrogen-bond donors (Lipinski definition) is 0. The van der Waals surface area contributed by atoms with Crippen molar-refractivity contribution in [3.05, 3.63) is 0 Å². The molecule has 24 heavy (non-hydrogen) atoms. The number of esters is 1. The second-order valence-electron chi connectivity index (χ2n) is 6.93. The maximum absolute atomic E-state index is 12.3. The molecule has 0 aromatic rings. The number of ether oxygens (including phenoxy) is 3. The van der Waals surface area contributed by atoms with Gasteiger partial charge in [0, 0.05) is 27.2 Å². The number of methoxy groups -OCH3 is 2. The molecule has 1 heterocycles. The summed E-state index contributed by atoms with van der Waals surface area (Å²) in [4.78, 5) is 25.7. The fraction of sp³-hybridized carbons (Fsp3) is 0.889. The minimum Gasteiger partial charge on any atom is -0.460 e. The number of carbonyl (C=O) groups excluding carboxylic acids is 2. The molecule has 0 aliphatic carbocycles. The molecular weight excluding hydrogens is 310 g/mol. The van der Waals surface area contributed by atoms with E-state index >= 15 is 0 Å². The predicted molar refractivity (Wildman–Crippen MR) is 93.6 cm³/mol. The van der Waals surface area contributed by atoms with Crippen molar-refractivity contribution in [1.29, 1.82) is 0 Å². The first-order chi connectivity index (χ1) is 11.2. The van der Waals surface area contributed by atoms with Crippen molar-refractivity contribution in [3.63, 3.8) is 0 Å². The van der Waals surface area contributed by atoms with Crippen LogP contribution in [0.15, 0.2) is 0 Å². The van der Waals surface area contributed by atoms with Gasteiger partial charge in [-0.1, -0.05) is 20.3 Å². The Hall–Kier alpha value is -1.14. The zero-order valence-corrected chi connectivity index (χ0v) is 16.4. The summed E-state index contributed by atoms with van der Waals surface area (Å²) in [5, 5.41) is 0. The third-order valence-corrected chi connectivity index (χ3v) is 3.36. The molecule has 0 aromatic carbocycles. The maximum Gasteiger partial charge on any atom is 0.306 e. The van der Waals surface area contributed by atoms with E-state index < -0.39 is 11.9 Å². The molecule has 0 aromatic heterocycles. The highest BCUT2D eigenvalue weighted by atomic mass is 16.7. The smallest absolute Gasteiger partial charge is 0.306 e. The van der Waals surface area contributed by atoms with E-state index in [0.717, 1.165) is 12.8 Å². The van der Waals surface area contributed by atoms with Gasteiger partial charge in [0.25, 0.3) is 0 Å². The van der Waals surface area contributed by atoms with Crippen LogP contribution in [-0.2, 0) is 23.8 Å². The predicted octanol–water partition coefficient (Wildman–Crippen LogP) is 3.13. The summed E-state index contributed by atoms with van der Waals surface area (Å²) >= 11 is 0. The second kappa shape index (κ2) is 11.4. The van der Waals surface area contributed by atoms with Gasteiger partial charge in [-0.05, 0) is 33.6 Å². The van der Waals surface area contributed by atoms with Gasteiger partial charge in [0.05, 0.1) is 12.5 Å². The third-order valence-electron chi connectivity index (χ3n) is 3.36. The summed E-state index contributed by atoms with van der Waals surface area (Å²) < 4.78 is 15.7. The molecule has 6 nitrogen and oxygen atoms in total. The average molecular weight is 345 g/mol. The van der Waals surface area contributed by atoms with E-state index in [1.165, 1.54) is 6.42 Å². The van der Waals surface area contributed by atoms with Crippen molar-refractivity contribution in [2.75, 3.05) is 20.8 Å². The van der Waals surface area contributed by atoms with E-state index in [0.29, 0.717) is 6.54 Å². The lowest BCUT2D eigenvalue weighted by Gasteiger charge is -2.29. The van der Waals surface area contributed by atoms with E-state index in [9.17, 15) is 9.59 Å². The third kappa shape index (κ3) is 8.64. The summed E-state index contributed by atoms with van der Waals surface area (Å²) in [6.07, 6.45) is 2.87. The lowest BCUT2D eigenvalue weighted by atomic mass is 10.2. The topological polar surface area (TPSA) is 65.1 Å². The van der Waals surface area contributed by atoms with Crippen LogP contribution in [0.25, 0.3) is 0 Å². The SMILES string of the molecule is CCC.COC(OC)[C@@H]1CCCN1C(=O)CCC(=O)OC(C)(C)C. The first-order valence-corrected chi connectivity index (χ1v) is 8.77. The normalized spacial score (nSPS) is 17.5. The molecule has 0 unspecified atom stereocenters. The monoisotopic (exact) mass is 345 g/mol. The Labute approximate surface area is 146 Å². The molecule has 1 aliphatic rings. The maximum atomic E-state index is 12.3. The number of carbonyl (C=O) groups is 2. The fourth-order valence-corrected chi connectivity index (χ4v) is 2.54. The first kappa shape index (κ1) is 22.9. The van der Waals surface area contributed by atoms with Gasteiger partial charge in [0.15, 0.2) is 6.29 Å². The Balaban J connectivity index is 0.00000163. The van der Waals surface area contributed by atoms with Gasteiger partial charge >= 0.3 is 5.97 Å². The van der Waals surface area contributed by atoms with Gasteiger partial charge in [0.1, 0.15) is 5.60 Å². The lowest BCUT2D eigenvalue weighted by molar-refractivity contribution is -0.161. The standard InChI is InChI=1S/C15H27NO5.C3H8/c1-15(2,3)21-13(18)9-8-12(17)16-10-6-7-11(16)14(19-4)20-5;1-3-2/h11,14H,6-10H2,1-5H3;3H2,1-2H3/t11-;/m0./s1. The van der Waals surface area contributed by atoms with Gasteiger partial charge in [0.2, 0.25) is 5.91 Å². The summed E-state index contributed by atoms with van der Waals surface area (Å²) in [5.74, 6) is -0.399. The second-order valence-corrected chi connectivity index (χ2v) is 6.93. The highest BCUT2D eigenvalue weighted by Gasteiger charge is 2.35. The summed E-state index contributed by atoms with van der Waals surface area (Å²) in [7, 11) is 3.13. The van der Waals surface area contributed by atoms with Crippen LogP contribution in [0.1, 0.15) is 66.7 Å². The zero-order chi connectivity index (χ0) is 18.8. The molecule has 1 rings (SSSR count). The van der Waals surface area contributed by atoms with Gasteiger partial charge in [-0.25, -0.2) is 0 Å². The Bertz CT molecular complexity index is 374. The number of hydrogen-bond acceptors (Lipinski definition) is 5. The van der Waals surface area contributed by atoms with Crippen LogP contribution in [0.4, 0.5) is 0 Å². The van der Waals surface area contributed by atoms with Crippen molar-refractivity contribution in [2.45, 2.75) is 84.7 Å². The van der Waals surface area contributed by atoms with Crippen molar-refractivity contribution in [1.82, 2.24) is 4.90 Å². The minimum absolute atomic E-state index is 0.0533. The molecule has 1 amide bonds. The lowest BCUT2D eigenvalue weighted by Crippen LogP contribution is -2.44. The molecule has 1 fully saturated rings.